The molecule has 156 valence electrons. The summed E-state index contributed by atoms with van der Waals surface area (Å²) >= 11 is 0. The number of ether oxygens (including phenoxy) is 3. The molecule has 0 fully saturated rings. The summed E-state index contributed by atoms with van der Waals surface area (Å²) in [7, 11) is 4.79. The molecule has 2 aromatic rings. The first kappa shape index (κ1) is 20.0. The molecule has 0 saturated carbocycles. The Kier molecular flexibility index (Phi) is 5.48. The smallest absolute Gasteiger partial charge is 0.225 e. The number of benzene rings is 2. The number of para-hydroxylation sites is 1. The Morgan fingerprint density at radius 2 is 1.57 bits per heavy atom. The molecular formula is C24H25NO5. The van der Waals surface area contributed by atoms with E-state index in [0.717, 1.165) is 16.8 Å². The van der Waals surface area contributed by atoms with Gasteiger partial charge in [-0.05, 0) is 36.1 Å². The van der Waals surface area contributed by atoms with Gasteiger partial charge in [0.25, 0.3) is 0 Å². The van der Waals surface area contributed by atoms with E-state index < -0.39 is 0 Å². The SMILES string of the molecule is COc1ccc([C@@H]2CC(=O)C3=C(C2)NC(=O)C[C@H]3c2ccccc2OC)cc1OC. The number of rotatable bonds is 5. The number of carbonyl (C=O) groups excluding carboxylic acids is 2. The van der Waals surface area contributed by atoms with Crippen LogP contribution in [-0.4, -0.2) is 33.0 Å². The Labute approximate surface area is 175 Å². The van der Waals surface area contributed by atoms with Crippen LogP contribution in [0.2, 0.25) is 0 Å². The highest BCUT2D eigenvalue weighted by molar-refractivity contribution is 6.02. The molecule has 6 nitrogen and oxygen atoms in total. The molecule has 30 heavy (non-hydrogen) atoms. The van der Waals surface area contributed by atoms with Gasteiger partial charge in [-0.3, -0.25) is 9.59 Å². The Morgan fingerprint density at radius 3 is 2.30 bits per heavy atom. The topological polar surface area (TPSA) is 73.9 Å². The predicted molar refractivity (Wildman–Crippen MR) is 112 cm³/mol. The minimum absolute atomic E-state index is 0.0345. The van der Waals surface area contributed by atoms with Crippen LogP contribution in [0.25, 0.3) is 0 Å². The average Bonchev–Trinajstić information content (AvgIpc) is 2.77. The van der Waals surface area contributed by atoms with Crippen molar-refractivity contribution < 1.29 is 23.8 Å². The molecule has 0 spiro atoms. The van der Waals surface area contributed by atoms with Gasteiger partial charge in [0.05, 0.1) is 21.3 Å². The van der Waals surface area contributed by atoms with E-state index in [1.165, 1.54) is 0 Å². The Morgan fingerprint density at radius 1 is 0.833 bits per heavy atom. The van der Waals surface area contributed by atoms with E-state index in [1.54, 1.807) is 21.3 Å². The van der Waals surface area contributed by atoms with Gasteiger partial charge in [-0.25, -0.2) is 0 Å². The zero-order chi connectivity index (χ0) is 21.3. The molecule has 0 saturated heterocycles. The zero-order valence-electron chi connectivity index (χ0n) is 17.4. The lowest BCUT2D eigenvalue weighted by Gasteiger charge is -2.35. The van der Waals surface area contributed by atoms with Crippen molar-refractivity contribution in [1.82, 2.24) is 5.32 Å². The third-order valence-corrected chi connectivity index (χ3v) is 5.93. The van der Waals surface area contributed by atoms with Crippen molar-refractivity contribution in [3.63, 3.8) is 0 Å². The van der Waals surface area contributed by atoms with Crippen LogP contribution in [0.15, 0.2) is 53.7 Å². The van der Waals surface area contributed by atoms with E-state index in [2.05, 4.69) is 5.32 Å². The quantitative estimate of drug-likeness (QED) is 0.818. The molecule has 0 radical (unpaired) electrons. The summed E-state index contributed by atoms with van der Waals surface area (Å²) in [6.07, 6.45) is 1.22. The molecule has 0 aromatic heterocycles. The third-order valence-electron chi connectivity index (χ3n) is 5.93. The summed E-state index contributed by atoms with van der Waals surface area (Å²) in [4.78, 5) is 25.8. The number of hydrogen-bond acceptors (Lipinski definition) is 5. The van der Waals surface area contributed by atoms with E-state index >= 15 is 0 Å². The fraction of sp³-hybridized carbons (Fsp3) is 0.333. The Bertz CT molecular complexity index is 1030. The van der Waals surface area contributed by atoms with Gasteiger partial charge in [0.2, 0.25) is 5.91 Å². The molecule has 2 aliphatic rings. The lowest BCUT2D eigenvalue weighted by molar-refractivity contribution is -0.122. The fourth-order valence-corrected chi connectivity index (χ4v) is 4.52. The standard InChI is InChI=1S/C24H25NO5/c1-28-20-7-5-4-6-16(20)17-13-23(27)25-18-10-15(11-19(26)24(17)18)14-8-9-21(29-2)22(12-14)30-3/h4-9,12,15,17H,10-11,13H2,1-3H3,(H,25,27)/t15-,17-/m0/s1. The molecule has 2 aromatic carbocycles. The second-order valence-electron chi connectivity index (χ2n) is 7.58. The molecule has 1 aliphatic carbocycles. The van der Waals surface area contributed by atoms with Crippen LogP contribution in [0.5, 0.6) is 17.2 Å². The molecular weight excluding hydrogens is 382 g/mol. The van der Waals surface area contributed by atoms with Crippen LogP contribution in [0.1, 0.15) is 42.2 Å². The van der Waals surface area contributed by atoms with E-state index in [0.29, 0.717) is 35.7 Å². The van der Waals surface area contributed by atoms with Crippen LogP contribution in [0.4, 0.5) is 0 Å². The summed E-state index contributed by atoms with van der Waals surface area (Å²) in [6.45, 7) is 0. The van der Waals surface area contributed by atoms with Gasteiger partial charge in [0, 0.05) is 35.6 Å². The highest BCUT2D eigenvalue weighted by Gasteiger charge is 2.39. The normalized spacial score (nSPS) is 21.0. The van der Waals surface area contributed by atoms with Crippen molar-refractivity contribution in [1.29, 1.82) is 0 Å². The first-order valence-corrected chi connectivity index (χ1v) is 9.96. The van der Waals surface area contributed by atoms with Gasteiger partial charge in [0.1, 0.15) is 5.75 Å². The van der Waals surface area contributed by atoms with E-state index in [1.807, 2.05) is 42.5 Å². The third kappa shape index (κ3) is 3.54. The fourth-order valence-electron chi connectivity index (χ4n) is 4.52. The number of amides is 1. The minimum atomic E-state index is -0.288. The van der Waals surface area contributed by atoms with Crippen molar-refractivity contribution in [2.24, 2.45) is 0 Å². The van der Waals surface area contributed by atoms with Crippen LogP contribution < -0.4 is 19.5 Å². The first-order valence-electron chi connectivity index (χ1n) is 9.96. The summed E-state index contributed by atoms with van der Waals surface area (Å²) in [5, 5.41) is 2.96. The maximum absolute atomic E-state index is 13.3. The molecule has 1 aliphatic heterocycles. The van der Waals surface area contributed by atoms with Crippen LogP contribution >= 0.6 is 0 Å². The van der Waals surface area contributed by atoms with Crippen molar-refractivity contribution in [3.05, 3.63) is 64.9 Å². The lowest BCUT2D eigenvalue weighted by Crippen LogP contribution is -2.38. The Hall–Kier alpha value is -3.28. The molecule has 2 atom stereocenters. The largest absolute Gasteiger partial charge is 0.496 e. The molecule has 1 N–H and O–H groups in total. The minimum Gasteiger partial charge on any atom is -0.496 e. The highest BCUT2D eigenvalue weighted by Crippen LogP contribution is 2.45. The van der Waals surface area contributed by atoms with E-state index in [9.17, 15) is 9.59 Å². The van der Waals surface area contributed by atoms with Gasteiger partial charge >= 0.3 is 0 Å². The molecule has 0 unspecified atom stereocenters. The highest BCUT2D eigenvalue weighted by atomic mass is 16.5. The number of carbonyl (C=O) groups is 2. The first-order chi connectivity index (χ1) is 14.5. The Balaban J connectivity index is 1.71. The number of hydrogen-bond donors (Lipinski definition) is 1. The maximum Gasteiger partial charge on any atom is 0.225 e. The van der Waals surface area contributed by atoms with Crippen molar-refractivity contribution in [2.75, 3.05) is 21.3 Å². The zero-order valence-corrected chi connectivity index (χ0v) is 17.4. The van der Waals surface area contributed by atoms with Crippen LogP contribution in [0, 0.1) is 0 Å². The number of Topliss-reactive ketones (excluding diaryl/α,β-unsaturated/α-hetero) is 1. The summed E-state index contributed by atoms with van der Waals surface area (Å²) < 4.78 is 16.2. The molecule has 1 heterocycles. The molecule has 6 heteroatoms. The van der Waals surface area contributed by atoms with Crippen LogP contribution in [-0.2, 0) is 9.59 Å². The summed E-state index contributed by atoms with van der Waals surface area (Å²) in [5.41, 5.74) is 3.29. The molecule has 1 amide bonds. The summed E-state index contributed by atoms with van der Waals surface area (Å²) in [5.74, 6) is 1.63. The maximum atomic E-state index is 13.3. The lowest BCUT2D eigenvalue weighted by atomic mass is 9.73. The predicted octanol–water partition coefficient (Wildman–Crippen LogP) is 3.72. The second-order valence-corrected chi connectivity index (χ2v) is 7.58. The van der Waals surface area contributed by atoms with Crippen molar-refractivity contribution in [2.45, 2.75) is 31.1 Å². The van der Waals surface area contributed by atoms with Gasteiger partial charge in [-0.15, -0.1) is 0 Å². The second kappa shape index (κ2) is 8.22. The van der Waals surface area contributed by atoms with Crippen LogP contribution in [0.3, 0.4) is 0 Å². The summed E-state index contributed by atoms with van der Waals surface area (Å²) in [6, 6.07) is 13.3. The number of ketones is 1. The number of nitrogens with one attached hydrogen (secondary N) is 1. The molecule has 4 rings (SSSR count). The number of methoxy groups -OCH3 is 3. The monoisotopic (exact) mass is 407 g/mol. The average molecular weight is 407 g/mol. The molecule has 0 bridgehead atoms. The van der Waals surface area contributed by atoms with Crippen molar-refractivity contribution in [3.8, 4) is 17.2 Å². The van der Waals surface area contributed by atoms with Gasteiger partial charge < -0.3 is 19.5 Å². The van der Waals surface area contributed by atoms with E-state index in [4.69, 9.17) is 14.2 Å². The van der Waals surface area contributed by atoms with E-state index in [-0.39, 0.29) is 29.9 Å². The van der Waals surface area contributed by atoms with Crippen molar-refractivity contribution >= 4 is 11.7 Å². The number of allylic oxidation sites excluding steroid dienone is 2. The van der Waals surface area contributed by atoms with Gasteiger partial charge in [0.15, 0.2) is 17.3 Å². The van der Waals surface area contributed by atoms with Gasteiger partial charge in [-0.1, -0.05) is 24.3 Å². The van der Waals surface area contributed by atoms with Gasteiger partial charge in [-0.2, -0.15) is 0 Å².